The van der Waals surface area contributed by atoms with Gasteiger partial charge in [-0.15, -0.1) is 0 Å². The van der Waals surface area contributed by atoms with Crippen molar-refractivity contribution in [2.75, 3.05) is 13.1 Å². The molecule has 1 atom stereocenters. The highest BCUT2D eigenvalue weighted by molar-refractivity contribution is 6.00. The van der Waals surface area contributed by atoms with E-state index in [4.69, 9.17) is 10.8 Å². The highest BCUT2D eigenvalue weighted by Gasteiger charge is 2.29. The van der Waals surface area contributed by atoms with E-state index in [1.807, 2.05) is 0 Å². The van der Waals surface area contributed by atoms with Crippen molar-refractivity contribution in [2.24, 2.45) is 10.8 Å². The van der Waals surface area contributed by atoms with Crippen molar-refractivity contribution >= 4 is 5.84 Å². The predicted octanol–water partition coefficient (Wildman–Crippen LogP) is 2.92. The van der Waals surface area contributed by atoms with Gasteiger partial charge in [0.05, 0.1) is 6.54 Å². The molecule has 4 rings (SSSR count). The van der Waals surface area contributed by atoms with Crippen LogP contribution in [0.1, 0.15) is 56.1 Å². The topological polar surface area (TPSA) is 44.9 Å². The minimum absolute atomic E-state index is 0.281. The fraction of sp³-hybridized carbons (Fsp3) is 0.632. The Morgan fingerprint density at radius 2 is 1.83 bits per heavy atom. The molecule has 0 unspecified atom stereocenters. The highest BCUT2D eigenvalue weighted by Crippen LogP contribution is 2.29. The first-order valence-corrected chi connectivity index (χ1v) is 9.25. The molecule has 2 heterocycles. The molecule has 0 radical (unpaired) electrons. The first kappa shape index (κ1) is 15.0. The average molecular weight is 312 g/mol. The number of fused-ring (bicyclic) bond motifs is 1. The van der Waals surface area contributed by atoms with Crippen LogP contribution in [0.2, 0.25) is 0 Å². The van der Waals surface area contributed by atoms with Crippen LogP contribution >= 0.6 is 0 Å². The fourth-order valence-electron chi connectivity index (χ4n) is 4.29. The molecule has 1 aliphatic carbocycles. The molecule has 124 valence electrons. The van der Waals surface area contributed by atoms with Gasteiger partial charge in [0.15, 0.2) is 5.84 Å². The van der Waals surface area contributed by atoms with Gasteiger partial charge >= 0.3 is 0 Å². The molecular formula is C19H28N4. The molecule has 1 aromatic carbocycles. The molecule has 4 heteroatoms. The Balaban J connectivity index is 1.65. The summed E-state index contributed by atoms with van der Waals surface area (Å²) in [5, 5.41) is 7.50. The zero-order chi connectivity index (χ0) is 15.6. The van der Waals surface area contributed by atoms with E-state index in [2.05, 4.69) is 34.2 Å². The van der Waals surface area contributed by atoms with E-state index in [9.17, 15) is 0 Å². The lowest BCUT2D eigenvalue weighted by Gasteiger charge is -2.40. The monoisotopic (exact) mass is 312 g/mol. The lowest BCUT2D eigenvalue weighted by Crippen LogP contribution is -2.48. The zero-order valence-electron chi connectivity index (χ0n) is 14.0. The highest BCUT2D eigenvalue weighted by atomic mass is 15.5. The fourth-order valence-corrected chi connectivity index (χ4v) is 4.29. The SMILES string of the molecule is N[C@H]1CCCN(C2=NN(C3CCCCC3)Cc3ccccc32)C1. The Bertz CT molecular complexity index is 576. The van der Waals surface area contributed by atoms with Crippen molar-refractivity contribution in [3.8, 4) is 0 Å². The Hall–Kier alpha value is -1.55. The molecule has 1 saturated heterocycles. The van der Waals surface area contributed by atoms with Crippen LogP contribution in [0.3, 0.4) is 0 Å². The van der Waals surface area contributed by atoms with Gasteiger partial charge in [0.2, 0.25) is 0 Å². The number of piperidine rings is 1. The lowest BCUT2D eigenvalue weighted by molar-refractivity contribution is 0.146. The van der Waals surface area contributed by atoms with E-state index in [1.54, 1.807) is 0 Å². The van der Waals surface area contributed by atoms with Crippen molar-refractivity contribution in [3.63, 3.8) is 0 Å². The van der Waals surface area contributed by atoms with Crippen LogP contribution in [-0.4, -0.2) is 40.9 Å². The number of likely N-dealkylation sites (tertiary alicyclic amines) is 1. The molecule has 2 N–H and O–H groups in total. The third kappa shape index (κ3) is 3.09. The van der Waals surface area contributed by atoms with Crippen molar-refractivity contribution in [1.82, 2.24) is 9.91 Å². The molecule has 4 nitrogen and oxygen atoms in total. The third-order valence-electron chi connectivity index (χ3n) is 5.57. The van der Waals surface area contributed by atoms with Gasteiger partial charge < -0.3 is 10.6 Å². The predicted molar refractivity (Wildman–Crippen MR) is 94.2 cm³/mol. The summed E-state index contributed by atoms with van der Waals surface area (Å²) in [7, 11) is 0. The molecular weight excluding hydrogens is 284 g/mol. The standard InChI is InChI=1S/C19H28N4/c20-16-8-6-12-22(14-16)19-18-11-5-4-7-15(18)13-23(21-19)17-9-2-1-3-10-17/h4-5,7,11,16-17H,1-3,6,8-10,12-14,20H2/t16-/m0/s1. The normalized spacial score (nSPS) is 26.0. The maximum atomic E-state index is 6.22. The van der Waals surface area contributed by atoms with E-state index in [0.29, 0.717) is 6.04 Å². The van der Waals surface area contributed by atoms with Gasteiger partial charge in [0, 0.05) is 30.7 Å². The number of amidine groups is 1. The number of hydrogen-bond donors (Lipinski definition) is 1. The summed E-state index contributed by atoms with van der Waals surface area (Å²) >= 11 is 0. The quantitative estimate of drug-likeness (QED) is 0.867. The molecule has 1 aromatic rings. The van der Waals surface area contributed by atoms with Crippen LogP contribution < -0.4 is 5.73 Å². The molecule has 3 aliphatic rings. The second-order valence-electron chi connectivity index (χ2n) is 7.32. The van der Waals surface area contributed by atoms with Crippen molar-refractivity contribution in [1.29, 1.82) is 0 Å². The minimum Gasteiger partial charge on any atom is -0.353 e. The van der Waals surface area contributed by atoms with Gasteiger partial charge in [-0.3, -0.25) is 5.01 Å². The summed E-state index contributed by atoms with van der Waals surface area (Å²) < 4.78 is 0. The number of benzene rings is 1. The summed E-state index contributed by atoms with van der Waals surface area (Å²) in [5.41, 5.74) is 8.95. The Morgan fingerprint density at radius 3 is 2.65 bits per heavy atom. The van der Waals surface area contributed by atoms with Crippen molar-refractivity contribution in [2.45, 2.75) is 63.6 Å². The molecule has 0 spiro atoms. The second-order valence-corrected chi connectivity index (χ2v) is 7.32. The molecule has 0 bridgehead atoms. The van der Waals surface area contributed by atoms with Gasteiger partial charge in [-0.1, -0.05) is 43.5 Å². The summed E-state index contributed by atoms with van der Waals surface area (Å²) in [6, 6.07) is 9.68. The van der Waals surface area contributed by atoms with E-state index in [-0.39, 0.29) is 6.04 Å². The molecule has 2 fully saturated rings. The van der Waals surface area contributed by atoms with Crippen LogP contribution in [0.25, 0.3) is 0 Å². The average Bonchev–Trinajstić information content (AvgIpc) is 2.61. The summed E-state index contributed by atoms with van der Waals surface area (Å²) in [4.78, 5) is 2.42. The van der Waals surface area contributed by atoms with Gasteiger partial charge in [0.1, 0.15) is 0 Å². The van der Waals surface area contributed by atoms with Crippen LogP contribution in [0.4, 0.5) is 0 Å². The summed E-state index contributed by atoms with van der Waals surface area (Å²) in [5.74, 6) is 1.16. The van der Waals surface area contributed by atoms with Crippen molar-refractivity contribution < 1.29 is 0 Å². The van der Waals surface area contributed by atoms with E-state index in [0.717, 1.165) is 31.9 Å². The van der Waals surface area contributed by atoms with Crippen LogP contribution in [0.15, 0.2) is 29.4 Å². The molecule has 2 aliphatic heterocycles. The lowest BCUT2D eigenvalue weighted by atomic mass is 9.94. The summed E-state index contributed by atoms with van der Waals surface area (Å²) in [6.45, 7) is 2.98. The minimum atomic E-state index is 0.281. The van der Waals surface area contributed by atoms with Gasteiger partial charge in [0.25, 0.3) is 0 Å². The third-order valence-corrected chi connectivity index (χ3v) is 5.57. The Kier molecular flexibility index (Phi) is 4.25. The van der Waals surface area contributed by atoms with E-state index < -0.39 is 0 Å². The van der Waals surface area contributed by atoms with Crippen LogP contribution in [0, 0.1) is 0 Å². The number of nitrogens with zero attached hydrogens (tertiary/aromatic N) is 3. The van der Waals surface area contributed by atoms with Gasteiger partial charge in [-0.25, -0.2) is 0 Å². The largest absolute Gasteiger partial charge is 0.353 e. The second kappa shape index (κ2) is 6.52. The van der Waals surface area contributed by atoms with Crippen LogP contribution in [0.5, 0.6) is 0 Å². The summed E-state index contributed by atoms with van der Waals surface area (Å²) in [6.07, 6.45) is 8.98. The Morgan fingerprint density at radius 1 is 1.00 bits per heavy atom. The van der Waals surface area contributed by atoms with Gasteiger partial charge in [-0.05, 0) is 31.2 Å². The number of rotatable bonds is 1. The number of hydrazone groups is 1. The molecule has 1 saturated carbocycles. The van der Waals surface area contributed by atoms with Crippen molar-refractivity contribution in [3.05, 3.63) is 35.4 Å². The Labute approximate surface area is 139 Å². The molecule has 0 aromatic heterocycles. The molecule has 23 heavy (non-hydrogen) atoms. The number of hydrogen-bond acceptors (Lipinski definition) is 4. The first-order valence-electron chi connectivity index (χ1n) is 9.25. The first-order chi connectivity index (χ1) is 11.3. The number of nitrogens with two attached hydrogens (primary N) is 1. The van der Waals surface area contributed by atoms with E-state index >= 15 is 0 Å². The van der Waals surface area contributed by atoms with Crippen LogP contribution in [-0.2, 0) is 6.54 Å². The zero-order valence-corrected chi connectivity index (χ0v) is 14.0. The van der Waals surface area contributed by atoms with Gasteiger partial charge in [-0.2, -0.15) is 5.10 Å². The molecule has 0 amide bonds. The smallest absolute Gasteiger partial charge is 0.156 e. The maximum Gasteiger partial charge on any atom is 0.156 e. The maximum absolute atomic E-state index is 6.22. The van der Waals surface area contributed by atoms with E-state index in [1.165, 1.54) is 49.7 Å².